The van der Waals surface area contributed by atoms with Crippen LogP contribution in [-0.4, -0.2) is 34.4 Å². The molecular formula is C15H25NOS. The van der Waals surface area contributed by atoms with E-state index in [0.717, 1.165) is 18.1 Å². The third-order valence-electron chi connectivity index (χ3n) is 5.23. The molecule has 1 aliphatic carbocycles. The molecular weight excluding hydrogens is 242 g/mol. The first-order valence-electron chi connectivity index (χ1n) is 7.64. The van der Waals surface area contributed by atoms with Crippen molar-refractivity contribution in [1.82, 2.24) is 4.90 Å². The van der Waals surface area contributed by atoms with Gasteiger partial charge in [0.05, 0.1) is 0 Å². The smallest absolute Gasteiger partial charge is 0.226 e. The lowest BCUT2D eigenvalue weighted by atomic mass is 9.87. The van der Waals surface area contributed by atoms with Crippen LogP contribution in [0.3, 0.4) is 0 Å². The number of hydrogen-bond acceptors (Lipinski definition) is 2. The van der Waals surface area contributed by atoms with Crippen LogP contribution in [0.15, 0.2) is 0 Å². The van der Waals surface area contributed by atoms with Crippen LogP contribution in [0.25, 0.3) is 0 Å². The zero-order valence-electron chi connectivity index (χ0n) is 11.4. The third-order valence-corrected chi connectivity index (χ3v) is 6.28. The van der Waals surface area contributed by atoms with Crippen LogP contribution in [-0.2, 0) is 4.79 Å². The van der Waals surface area contributed by atoms with E-state index in [-0.39, 0.29) is 0 Å². The van der Waals surface area contributed by atoms with Gasteiger partial charge in [-0.3, -0.25) is 4.79 Å². The molecule has 2 bridgehead atoms. The van der Waals surface area contributed by atoms with Gasteiger partial charge in [0, 0.05) is 23.3 Å². The van der Waals surface area contributed by atoms with E-state index in [9.17, 15) is 4.79 Å². The standard InChI is InChI=1S/C15H25NOS/c1-18-14-9-12-7-8-13(10-14)16(12)15(17)11-5-3-2-4-6-11/h11-14H,2-10H2,1H3. The predicted octanol–water partition coefficient (Wildman–Crippen LogP) is 3.45. The zero-order chi connectivity index (χ0) is 12.5. The number of nitrogens with zero attached hydrogens (tertiary/aromatic N) is 1. The summed E-state index contributed by atoms with van der Waals surface area (Å²) in [7, 11) is 0. The fourth-order valence-corrected chi connectivity index (χ4v) is 5.07. The fraction of sp³-hybridized carbons (Fsp3) is 0.933. The number of thioether (sulfide) groups is 1. The molecule has 3 aliphatic rings. The molecule has 2 heterocycles. The largest absolute Gasteiger partial charge is 0.336 e. The van der Waals surface area contributed by atoms with Crippen molar-refractivity contribution < 1.29 is 4.79 Å². The Labute approximate surface area is 115 Å². The van der Waals surface area contributed by atoms with Gasteiger partial charge in [0.15, 0.2) is 0 Å². The van der Waals surface area contributed by atoms with E-state index in [1.165, 1.54) is 44.9 Å². The summed E-state index contributed by atoms with van der Waals surface area (Å²) in [5.74, 6) is 0.884. The normalized spacial score (nSPS) is 36.9. The summed E-state index contributed by atoms with van der Waals surface area (Å²) in [5, 5.41) is 0.804. The lowest BCUT2D eigenvalue weighted by Crippen LogP contribution is -2.49. The fourth-order valence-electron chi connectivity index (χ4n) is 4.24. The summed E-state index contributed by atoms with van der Waals surface area (Å²) in [6, 6.07) is 1.16. The molecule has 0 aromatic heterocycles. The van der Waals surface area contributed by atoms with Crippen LogP contribution in [0, 0.1) is 5.92 Å². The topological polar surface area (TPSA) is 20.3 Å². The maximum absolute atomic E-state index is 12.7. The average molecular weight is 267 g/mol. The molecule has 0 N–H and O–H groups in total. The first kappa shape index (κ1) is 12.8. The quantitative estimate of drug-likeness (QED) is 0.764. The summed E-state index contributed by atoms with van der Waals surface area (Å²) in [6.45, 7) is 0. The number of rotatable bonds is 2. The average Bonchev–Trinajstić information content (AvgIpc) is 2.69. The van der Waals surface area contributed by atoms with E-state index in [2.05, 4.69) is 11.2 Å². The lowest BCUT2D eigenvalue weighted by Gasteiger charge is -2.40. The van der Waals surface area contributed by atoms with E-state index in [1.54, 1.807) is 0 Å². The molecule has 1 saturated carbocycles. The second-order valence-electron chi connectivity index (χ2n) is 6.29. The highest BCUT2D eigenvalue weighted by Crippen LogP contribution is 2.41. The Morgan fingerprint density at radius 1 is 1.00 bits per heavy atom. The van der Waals surface area contributed by atoms with Crippen molar-refractivity contribution in [2.24, 2.45) is 5.92 Å². The Morgan fingerprint density at radius 3 is 2.17 bits per heavy atom. The first-order valence-corrected chi connectivity index (χ1v) is 8.93. The highest BCUT2D eigenvalue weighted by molar-refractivity contribution is 7.99. The number of carbonyl (C=O) groups excluding carboxylic acids is 1. The molecule has 0 aromatic rings. The SMILES string of the molecule is CSC1CC2CCC(C1)N2C(=O)C1CCCCC1. The van der Waals surface area contributed by atoms with Gasteiger partial charge >= 0.3 is 0 Å². The van der Waals surface area contributed by atoms with Crippen molar-refractivity contribution in [1.29, 1.82) is 0 Å². The van der Waals surface area contributed by atoms with Gasteiger partial charge in [0.2, 0.25) is 5.91 Å². The molecule has 3 heteroatoms. The molecule has 2 nitrogen and oxygen atoms in total. The van der Waals surface area contributed by atoms with Crippen LogP contribution >= 0.6 is 11.8 Å². The van der Waals surface area contributed by atoms with Gasteiger partial charge in [-0.1, -0.05) is 19.3 Å². The lowest BCUT2D eigenvalue weighted by molar-refractivity contribution is -0.140. The van der Waals surface area contributed by atoms with Gasteiger partial charge in [-0.2, -0.15) is 11.8 Å². The van der Waals surface area contributed by atoms with E-state index in [4.69, 9.17) is 0 Å². The number of piperidine rings is 1. The zero-order valence-corrected chi connectivity index (χ0v) is 12.3. The summed E-state index contributed by atoms with van der Waals surface area (Å²) in [5.41, 5.74) is 0. The third kappa shape index (κ3) is 2.31. The summed E-state index contributed by atoms with van der Waals surface area (Å²) < 4.78 is 0. The van der Waals surface area contributed by atoms with Crippen molar-refractivity contribution in [3.8, 4) is 0 Å². The second kappa shape index (κ2) is 5.44. The van der Waals surface area contributed by atoms with Crippen LogP contribution in [0.1, 0.15) is 57.8 Å². The minimum absolute atomic E-state index is 0.368. The van der Waals surface area contributed by atoms with Crippen molar-refractivity contribution >= 4 is 17.7 Å². The van der Waals surface area contributed by atoms with Crippen LogP contribution in [0.4, 0.5) is 0 Å². The molecule has 102 valence electrons. The van der Waals surface area contributed by atoms with Gasteiger partial charge in [-0.15, -0.1) is 0 Å². The Hall–Kier alpha value is -0.180. The van der Waals surface area contributed by atoms with Crippen molar-refractivity contribution in [2.45, 2.75) is 75.1 Å². The van der Waals surface area contributed by atoms with Gasteiger partial charge in [0.25, 0.3) is 0 Å². The minimum Gasteiger partial charge on any atom is -0.336 e. The minimum atomic E-state index is 0.368. The van der Waals surface area contributed by atoms with Crippen molar-refractivity contribution in [3.63, 3.8) is 0 Å². The Kier molecular flexibility index (Phi) is 3.88. The van der Waals surface area contributed by atoms with E-state index in [0.29, 0.717) is 23.9 Å². The number of amides is 1. The molecule has 0 radical (unpaired) electrons. The molecule has 3 fully saturated rings. The van der Waals surface area contributed by atoms with E-state index >= 15 is 0 Å². The van der Waals surface area contributed by atoms with Gasteiger partial charge < -0.3 is 4.90 Å². The van der Waals surface area contributed by atoms with Gasteiger partial charge in [-0.25, -0.2) is 0 Å². The van der Waals surface area contributed by atoms with Crippen molar-refractivity contribution in [2.75, 3.05) is 6.26 Å². The number of fused-ring (bicyclic) bond motifs is 2. The van der Waals surface area contributed by atoms with Crippen LogP contribution < -0.4 is 0 Å². The number of hydrogen-bond donors (Lipinski definition) is 0. The van der Waals surface area contributed by atoms with Gasteiger partial charge in [-0.05, 0) is 44.8 Å². The van der Waals surface area contributed by atoms with Crippen LogP contribution in [0.5, 0.6) is 0 Å². The second-order valence-corrected chi connectivity index (χ2v) is 7.43. The molecule has 2 atom stereocenters. The first-order chi connectivity index (χ1) is 8.79. The molecule has 2 unspecified atom stereocenters. The highest BCUT2D eigenvalue weighted by atomic mass is 32.2. The Bertz CT molecular complexity index is 300. The molecule has 3 rings (SSSR count). The molecule has 2 saturated heterocycles. The maximum atomic E-state index is 12.7. The monoisotopic (exact) mass is 267 g/mol. The summed E-state index contributed by atoms with van der Waals surface area (Å²) in [4.78, 5) is 15.1. The van der Waals surface area contributed by atoms with E-state index < -0.39 is 0 Å². The highest BCUT2D eigenvalue weighted by Gasteiger charge is 2.44. The summed E-state index contributed by atoms with van der Waals surface area (Å²) >= 11 is 2.00. The van der Waals surface area contributed by atoms with Gasteiger partial charge in [0.1, 0.15) is 0 Å². The Balaban J connectivity index is 1.67. The molecule has 0 aromatic carbocycles. The Morgan fingerprint density at radius 2 is 1.61 bits per heavy atom. The molecule has 1 amide bonds. The predicted molar refractivity (Wildman–Crippen MR) is 76.8 cm³/mol. The van der Waals surface area contributed by atoms with Crippen molar-refractivity contribution in [3.05, 3.63) is 0 Å². The molecule has 18 heavy (non-hydrogen) atoms. The number of carbonyl (C=O) groups is 1. The molecule has 0 spiro atoms. The molecule has 2 aliphatic heterocycles. The summed E-state index contributed by atoms with van der Waals surface area (Å²) in [6.07, 6.45) is 13.4. The van der Waals surface area contributed by atoms with Crippen LogP contribution in [0.2, 0.25) is 0 Å². The maximum Gasteiger partial charge on any atom is 0.226 e. The van der Waals surface area contributed by atoms with E-state index in [1.807, 2.05) is 11.8 Å².